The Morgan fingerprint density at radius 2 is 1.76 bits per heavy atom. The first-order valence-electron chi connectivity index (χ1n) is 9.09. The Balaban J connectivity index is 1.82. The highest BCUT2D eigenvalue weighted by Gasteiger charge is 2.20. The number of esters is 1. The van der Waals surface area contributed by atoms with Crippen LogP contribution in [0, 0.1) is 13.8 Å². The molecule has 4 aromatic rings. The number of aryl methyl sites for hydroxylation is 2. The molecule has 144 valence electrons. The van der Waals surface area contributed by atoms with Crippen molar-refractivity contribution in [2.45, 2.75) is 13.8 Å². The van der Waals surface area contributed by atoms with Gasteiger partial charge in [0.05, 0.1) is 11.6 Å². The van der Waals surface area contributed by atoms with Crippen molar-refractivity contribution in [2.75, 3.05) is 0 Å². The van der Waals surface area contributed by atoms with E-state index in [0.29, 0.717) is 22.3 Å². The van der Waals surface area contributed by atoms with Crippen molar-refractivity contribution in [2.24, 2.45) is 0 Å². The summed E-state index contributed by atoms with van der Waals surface area (Å²) in [7, 11) is 0. The van der Waals surface area contributed by atoms with Crippen LogP contribution in [0.5, 0.6) is 5.75 Å². The van der Waals surface area contributed by atoms with Crippen molar-refractivity contribution in [1.29, 1.82) is 0 Å². The average molecular weight is 386 g/mol. The molecule has 2 aromatic carbocycles. The maximum Gasteiger partial charge on any atom is 0.336 e. The maximum atomic E-state index is 13.1. The highest BCUT2D eigenvalue weighted by Crippen LogP contribution is 2.31. The molecule has 29 heavy (non-hydrogen) atoms. The summed E-state index contributed by atoms with van der Waals surface area (Å²) in [6.45, 7) is 3.84. The third-order valence-electron chi connectivity index (χ3n) is 4.45. The first-order valence-corrected chi connectivity index (χ1v) is 9.09. The second-order valence-electron chi connectivity index (χ2n) is 6.72. The van der Waals surface area contributed by atoms with Crippen LogP contribution in [0.4, 0.5) is 0 Å². The molecule has 0 amide bonds. The monoisotopic (exact) mass is 386 g/mol. The lowest BCUT2D eigenvalue weighted by Crippen LogP contribution is -2.14. The number of ether oxygens (including phenoxy) is 1. The van der Waals surface area contributed by atoms with E-state index < -0.39 is 11.4 Å². The minimum atomic E-state index is -0.700. The fourth-order valence-electron chi connectivity index (χ4n) is 2.95. The Bertz CT molecular complexity index is 1260. The summed E-state index contributed by atoms with van der Waals surface area (Å²) in [6.07, 6.45) is 4.18. The predicted octanol–water partition coefficient (Wildman–Crippen LogP) is 5.29. The number of hydrogen-bond acceptors (Lipinski definition) is 5. The second kappa shape index (κ2) is 7.64. The third-order valence-corrected chi connectivity index (χ3v) is 4.45. The fourth-order valence-corrected chi connectivity index (χ4v) is 2.95. The molecule has 0 aliphatic heterocycles. The minimum absolute atomic E-state index is 0.138. The number of hydrogen-bond donors (Lipinski definition) is 0. The van der Waals surface area contributed by atoms with Crippen LogP contribution in [-0.4, -0.2) is 5.97 Å². The van der Waals surface area contributed by atoms with Gasteiger partial charge in [0.2, 0.25) is 11.2 Å². The van der Waals surface area contributed by atoms with Gasteiger partial charge in [0.15, 0.2) is 5.76 Å². The van der Waals surface area contributed by atoms with Crippen LogP contribution in [0.1, 0.15) is 16.9 Å². The first kappa shape index (κ1) is 18.5. The summed E-state index contributed by atoms with van der Waals surface area (Å²) in [5, 5.41) is 0.360. The molecule has 0 unspecified atom stereocenters. The number of carbonyl (C=O) groups excluding carboxylic acids is 1. The Kier molecular flexibility index (Phi) is 4.87. The van der Waals surface area contributed by atoms with E-state index >= 15 is 0 Å². The minimum Gasteiger partial charge on any atom is -0.465 e. The van der Waals surface area contributed by atoms with Crippen molar-refractivity contribution in [1.82, 2.24) is 0 Å². The summed E-state index contributed by atoms with van der Waals surface area (Å²) in [6, 6.07) is 16.2. The zero-order valence-electron chi connectivity index (χ0n) is 16.0. The molecule has 0 bridgehead atoms. The molecule has 5 heteroatoms. The molecular weight excluding hydrogens is 368 g/mol. The van der Waals surface area contributed by atoms with Gasteiger partial charge in [-0.15, -0.1) is 0 Å². The molecule has 4 rings (SSSR count). The van der Waals surface area contributed by atoms with Gasteiger partial charge in [-0.1, -0.05) is 41.5 Å². The summed E-state index contributed by atoms with van der Waals surface area (Å²) in [5.74, 6) is -0.122. The van der Waals surface area contributed by atoms with Crippen LogP contribution in [-0.2, 0) is 4.79 Å². The van der Waals surface area contributed by atoms with Crippen molar-refractivity contribution < 1.29 is 18.4 Å². The van der Waals surface area contributed by atoms with E-state index in [1.165, 1.54) is 18.4 Å². The Morgan fingerprint density at radius 1 is 1.00 bits per heavy atom. The Morgan fingerprint density at radius 3 is 2.48 bits per heavy atom. The van der Waals surface area contributed by atoms with Gasteiger partial charge in [-0.05, 0) is 44.2 Å². The molecule has 0 atom stereocenters. The molecule has 0 radical (unpaired) electrons. The molecule has 0 aliphatic rings. The highest BCUT2D eigenvalue weighted by molar-refractivity contribution is 5.90. The zero-order chi connectivity index (χ0) is 20.4. The SMILES string of the molecule is Cc1ccc(-c2oc3ccc(C)cc3c(=O)c2OC(=O)C=Cc2ccco2)cc1. The number of carbonyl (C=O) groups is 1. The smallest absolute Gasteiger partial charge is 0.336 e. The number of fused-ring (bicyclic) bond motifs is 1. The van der Waals surface area contributed by atoms with Crippen LogP contribution < -0.4 is 10.2 Å². The lowest BCUT2D eigenvalue weighted by molar-refractivity contribution is -0.129. The summed E-state index contributed by atoms with van der Waals surface area (Å²) in [5.41, 5.74) is 2.65. The quantitative estimate of drug-likeness (QED) is 0.352. The van der Waals surface area contributed by atoms with Crippen LogP contribution in [0.15, 0.2) is 80.6 Å². The highest BCUT2D eigenvalue weighted by atomic mass is 16.5. The van der Waals surface area contributed by atoms with E-state index in [4.69, 9.17) is 13.6 Å². The molecule has 5 nitrogen and oxygen atoms in total. The van der Waals surface area contributed by atoms with Gasteiger partial charge < -0.3 is 13.6 Å². The van der Waals surface area contributed by atoms with Gasteiger partial charge in [-0.2, -0.15) is 0 Å². The van der Waals surface area contributed by atoms with Gasteiger partial charge in [0.1, 0.15) is 11.3 Å². The third kappa shape index (κ3) is 3.89. The number of rotatable bonds is 4. The Hall–Kier alpha value is -3.86. The summed E-state index contributed by atoms with van der Waals surface area (Å²) < 4.78 is 16.6. The van der Waals surface area contributed by atoms with E-state index in [2.05, 4.69) is 0 Å². The molecule has 2 aromatic heterocycles. The van der Waals surface area contributed by atoms with Crippen molar-refractivity contribution in [3.05, 3.63) is 94.0 Å². The summed E-state index contributed by atoms with van der Waals surface area (Å²) in [4.78, 5) is 25.5. The molecule has 0 saturated heterocycles. The molecule has 0 aliphatic carbocycles. The zero-order valence-corrected chi connectivity index (χ0v) is 16.0. The second-order valence-corrected chi connectivity index (χ2v) is 6.72. The normalized spacial score (nSPS) is 11.2. The number of furan rings is 1. The lowest BCUT2D eigenvalue weighted by Gasteiger charge is -2.10. The first-order chi connectivity index (χ1) is 14.0. The molecular formula is C24H18O5. The van der Waals surface area contributed by atoms with E-state index in [1.54, 1.807) is 24.3 Å². The van der Waals surface area contributed by atoms with Gasteiger partial charge in [-0.25, -0.2) is 4.79 Å². The molecule has 2 heterocycles. The van der Waals surface area contributed by atoms with Gasteiger partial charge in [0.25, 0.3) is 0 Å². The largest absolute Gasteiger partial charge is 0.465 e. The van der Waals surface area contributed by atoms with Crippen LogP contribution in [0.3, 0.4) is 0 Å². The molecule has 0 N–H and O–H groups in total. The number of benzene rings is 2. The van der Waals surface area contributed by atoms with Crippen LogP contribution in [0.2, 0.25) is 0 Å². The van der Waals surface area contributed by atoms with Gasteiger partial charge >= 0.3 is 5.97 Å². The predicted molar refractivity (Wildman–Crippen MR) is 111 cm³/mol. The van der Waals surface area contributed by atoms with E-state index in [0.717, 1.165) is 11.1 Å². The topological polar surface area (TPSA) is 69.7 Å². The van der Waals surface area contributed by atoms with Crippen molar-refractivity contribution >= 4 is 23.0 Å². The molecule has 0 spiro atoms. The summed E-state index contributed by atoms with van der Waals surface area (Å²) >= 11 is 0. The van der Waals surface area contributed by atoms with Crippen molar-refractivity contribution in [3.8, 4) is 17.1 Å². The maximum absolute atomic E-state index is 13.1. The average Bonchev–Trinajstić information content (AvgIpc) is 3.23. The lowest BCUT2D eigenvalue weighted by atomic mass is 10.1. The van der Waals surface area contributed by atoms with Gasteiger partial charge in [-0.3, -0.25) is 4.79 Å². The Labute approximate surface area is 166 Å². The standard InChI is InChI=1S/C24H18O5/c1-15-5-8-17(9-6-15)23-24(29-21(25)12-10-18-4-3-13-27-18)22(26)19-14-16(2)7-11-20(19)28-23/h3-14H,1-2H3. The molecule has 0 fully saturated rings. The van der Waals surface area contributed by atoms with Crippen molar-refractivity contribution in [3.63, 3.8) is 0 Å². The van der Waals surface area contributed by atoms with E-state index in [1.807, 2.05) is 44.2 Å². The molecule has 0 saturated carbocycles. The van der Waals surface area contributed by atoms with Crippen LogP contribution >= 0.6 is 0 Å². The van der Waals surface area contributed by atoms with Gasteiger partial charge in [0, 0.05) is 11.6 Å². The fraction of sp³-hybridized carbons (Fsp3) is 0.0833. The van der Waals surface area contributed by atoms with E-state index in [9.17, 15) is 9.59 Å². The van der Waals surface area contributed by atoms with Crippen LogP contribution in [0.25, 0.3) is 28.4 Å². The van der Waals surface area contributed by atoms with E-state index in [-0.39, 0.29) is 11.5 Å².